The normalized spacial score (nSPS) is 10.9. The molecule has 4 aromatic rings. The number of anilines is 1. The number of hydrogen-bond acceptors (Lipinski definition) is 6. The Kier molecular flexibility index (Phi) is 7.00. The van der Waals surface area contributed by atoms with Crippen LogP contribution in [0.1, 0.15) is 5.56 Å². The van der Waals surface area contributed by atoms with E-state index in [1.165, 1.54) is 0 Å². The van der Waals surface area contributed by atoms with Gasteiger partial charge in [-0.15, -0.1) is 0 Å². The van der Waals surface area contributed by atoms with Crippen LogP contribution in [0.2, 0.25) is 0 Å². The lowest BCUT2D eigenvalue weighted by Crippen LogP contribution is -2.12. The van der Waals surface area contributed by atoms with E-state index in [-0.39, 0.29) is 0 Å². The van der Waals surface area contributed by atoms with E-state index in [0.29, 0.717) is 23.1 Å². The molecule has 0 aliphatic carbocycles. The zero-order valence-corrected chi connectivity index (χ0v) is 20.2. The average Bonchev–Trinajstić information content (AvgIpc) is 2.87. The number of nitrogens with zero attached hydrogens (tertiary/aromatic N) is 4. The zero-order chi connectivity index (χ0) is 23.2. The first-order valence-corrected chi connectivity index (χ1v) is 11.1. The molecule has 0 bridgehead atoms. The van der Waals surface area contributed by atoms with Crippen LogP contribution in [0.4, 0.5) is 5.82 Å². The number of aromatic nitrogens is 2. The van der Waals surface area contributed by atoms with Gasteiger partial charge in [-0.3, -0.25) is 5.01 Å². The quantitative estimate of drug-likeness (QED) is 0.227. The summed E-state index contributed by atoms with van der Waals surface area (Å²) in [5.74, 6) is 2.63. The number of rotatable bonds is 7. The molecule has 0 fully saturated rings. The molecular formula is C26H23BrN4O2. The van der Waals surface area contributed by atoms with Gasteiger partial charge in [0, 0.05) is 28.7 Å². The van der Waals surface area contributed by atoms with E-state index < -0.39 is 0 Å². The van der Waals surface area contributed by atoms with E-state index in [1.807, 2.05) is 85.9 Å². The molecule has 0 aliphatic heterocycles. The molecule has 0 spiro atoms. The molecule has 0 saturated carbocycles. The van der Waals surface area contributed by atoms with E-state index >= 15 is 0 Å². The lowest BCUT2D eigenvalue weighted by Gasteiger charge is -2.15. The summed E-state index contributed by atoms with van der Waals surface area (Å²) in [6.07, 6.45) is 1.76. The van der Waals surface area contributed by atoms with Gasteiger partial charge >= 0.3 is 0 Å². The van der Waals surface area contributed by atoms with Crippen LogP contribution in [-0.2, 0) is 0 Å². The highest BCUT2D eigenvalue weighted by Crippen LogP contribution is 2.28. The molecule has 6 nitrogen and oxygen atoms in total. The number of hydrazone groups is 1. The molecule has 0 unspecified atom stereocenters. The maximum Gasteiger partial charge on any atom is 0.162 e. The lowest BCUT2D eigenvalue weighted by atomic mass is 10.1. The number of ether oxygens (including phenoxy) is 2. The van der Waals surface area contributed by atoms with Crippen molar-refractivity contribution < 1.29 is 9.47 Å². The van der Waals surface area contributed by atoms with Gasteiger partial charge in [0.05, 0.1) is 26.1 Å². The van der Waals surface area contributed by atoms with Crippen molar-refractivity contribution in [1.29, 1.82) is 0 Å². The van der Waals surface area contributed by atoms with Gasteiger partial charge in [0.15, 0.2) is 23.1 Å². The molecule has 1 aromatic heterocycles. The molecule has 0 aliphatic rings. The Morgan fingerprint density at radius 1 is 0.818 bits per heavy atom. The minimum Gasteiger partial charge on any atom is -0.493 e. The Hall–Kier alpha value is -3.71. The van der Waals surface area contributed by atoms with E-state index in [0.717, 1.165) is 26.9 Å². The fraction of sp³-hybridized carbons (Fsp3) is 0.115. The molecular weight excluding hydrogens is 480 g/mol. The molecule has 0 saturated heterocycles. The van der Waals surface area contributed by atoms with Crippen LogP contribution in [0.3, 0.4) is 0 Å². The predicted octanol–water partition coefficient (Wildman–Crippen LogP) is 6.06. The third-order valence-electron chi connectivity index (χ3n) is 5.00. The van der Waals surface area contributed by atoms with Crippen LogP contribution in [-0.4, -0.2) is 37.4 Å². The van der Waals surface area contributed by atoms with Crippen molar-refractivity contribution in [1.82, 2.24) is 9.97 Å². The van der Waals surface area contributed by atoms with Gasteiger partial charge in [0.1, 0.15) is 0 Å². The first kappa shape index (κ1) is 22.5. The smallest absolute Gasteiger partial charge is 0.162 e. The second-order valence-electron chi connectivity index (χ2n) is 7.19. The van der Waals surface area contributed by atoms with Crippen molar-refractivity contribution in [2.75, 3.05) is 26.3 Å². The number of halogens is 1. The highest BCUT2D eigenvalue weighted by atomic mass is 79.9. The van der Waals surface area contributed by atoms with Gasteiger partial charge in [-0.2, -0.15) is 5.10 Å². The van der Waals surface area contributed by atoms with Gasteiger partial charge < -0.3 is 9.47 Å². The molecule has 0 N–H and O–H groups in total. The number of methoxy groups -OCH3 is 2. The monoisotopic (exact) mass is 502 g/mol. The molecule has 7 heteroatoms. The Bertz CT molecular complexity index is 1260. The molecule has 0 radical (unpaired) electrons. The summed E-state index contributed by atoms with van der Waals surface area (Å²) in [5.41, 5.74) is 3.64. The first-order chi connectivity index (χ1) is 16.1. The van der Waals surface area contributed by atoms with Crippen LogP contribution < -0.4 is 14.5 Å². The van der Waals surface area contributed by atoms with Crippen molar-refractivity contribution in [2.24, 2.45) is 5.10 Å². The predicted molar refractivity (Wildman–Crippen MR) is 136 cm³/mol. The van der Waals surface area contributed by atoms with Crippen molar-refractivity contribution in [3.63, 3.8) is 0 Å². The lowest BCUT2D eigenvalue weighted by molar-refractivity contribution is 0.355. The van der Waals surface area contributed by atoms with Crippen LogP contribution in [0.15, 0.2) is 88.4 Å². The fourth-order valence-corrected chi connectivity index (χ4v) is 3.49. The van der Waals surface area contributed by atoms with Gasteiger partial charge in [-0.1, -0.05) is 58.4 Å². The highest BCUT2D eigenvalue weighted by molar-refractivity contribution is 9.10. The van der Waals surface area contributed by atoms with Crippen molar-refractivity contribution in [3.8, 4) is 34.1 Å². The third kappa shape index (κ3) is 5.38. The van der Waals surface area contributed by atoms with Crippen molar-refractivity contribution >= 4 is 28.0 Å². The van der Waals surface area contributed by atoms with Crippen LogP contribution in [0.5, 0.6) is 11.5 Å². The zero-order valence-electron chi connectivity index (χ0n) is 18.6. The molecule has 0 atom stereocenters. The summed E-state index contributed by atoms with van der Waals surface area (Å²) in [5, 5.41) is 6.32. The summed E-state index contributed by atoms with van der Waals surface area (Å²) in [4.78, 5) is 9.58. The summed E-state index contributed by atoms with van der Waals surface area (Å²) in [7, 11) is 5.09. The molecule has 3 aromatic carbocycles. The fourth-order valence-electron chi connectivity index (χ4n) is 3.23. The Morgan fingerprint density at radius 2 is 1.55 bits per heavy atom. The van der Waals surface area contributed by atoms with E-state index in [1.54, 1.807) is 25.4 Å². The largest absolute Gasteiger partial charge is 0.493 e. The third-order valence-corrected chi connectivity index (χ3v) is 5.53. The van der Waals surface area contributed by atoms with Gasteiger partial charge in [0.2, 0.25) is 0 Å². The summed E-state index contributed by atoms with van der Waals surface area (Å²) in [6, 6.07) is 25.6. The van der Waals surface area contributed by atoms with E-state index in [2.05, 4.69) is 21.0 Å². The maximum absolute atomic E-state index is 5.38. The Labute approximate surface area is 201 Å². The average molecular weight is 503 g/mol. The van der Waals surface area contributed by atoms with Gasteiger partial charge in [-0.25, -0.2) is 9.97 Å². The van der Waals surface area contributed by atoms with Crippen molar-refractivity contribution in [3.05, 3.63) is 88.9 Å². The van der Waals surface area contributed by atoms with Crippen molar-refractivity contribution in [2.45, 2.75) is 0 Å². The number of hydrogen-bond donors (Lipinski definition) is 0. The first-order valence-electron chi connectivity index (χ1n) is 10.3. The second-order valence-corrected chi connectivity index (χ2v) is 8.11. The van der Waals surface area contributed by atoms with Gasteiger partial charge in [-0.05, 0) is 35.9 Å². The topological polar surface area (TPSA) is 59.8 Å². The Balaban J connectivity index is 1.70. The van der Waals surface area contributed by atoms with E-state index in [9.17, 15) is 0 Å². The second kappa shape index (κ2) is 10.3. The summed E-state index contributed by atoms with van der Waals surface area (Å²) in [6.45, 7) is 0. The van der Waals surface area contributed by atoms with Crippen LogP contribution >= 0.6 is 15.9 Å². The molecule has 0 amide bonds. The molecule has 166 valence electrons. The summed E-state index contributed by atoms with van der Waals surface area (Å²) >= 11 is 3.48. The highest BCUT2D eigenvalue weighted by Gasteiger charge is 2.11. The molecule has 33 heavy (non-hydrogen) atoms. The minimum absolute atomic E-state index is 0.631. The maximum atomic E-state index is 5.38. The minimum atomic E-state index is 0.631. The van der Waals surface area contributed by atoms with E-state index in [4.69, 9.17) is 19.4 Å². The Morgan fingerprint density at radius 3 is 2.24 bits per heavy atom. The summed E-state index contributed by atoms with van der Waals surface area (Å²) < 4.78 is 11.7. The molecule has 1 heterocycles. The molecule has 4 rings (SSSR count). The standard InChI is InChI=1S/C26H23BrN4O2/c1-31(28-17-18-9-14-23(32-2)24(15-18)33-3)25-16-22(19-7-5-4-6-8-19)29-26(30-25)20-10-12-21(27)13-11-20/h4-17H,1-3H3/b28-17+. The number of benzene rings is 3. The SMILES string of the molecule is COc1ccc(/C=N/N(C)c2cc(-c3ccccc3)nc(-c3ccc(Br)cc3)n2)cc1OC. The van der Waals surface area contributed by atoms with Crippen LogP contribution in [0, 0.1) is 0 Å². The van der Waals surface area contributed by atoms with Crippen LogP contribution in [0.25, 0.3) is 22.6 Å². The van der Waals surface area contributed by atoms with Gasteiger partial charge in [0.25, 0.3) is 0 Å².